The summed E-state index contributed by atoms with van der Waals surface area (Å²) in [6.07, 6.45) is 7.29. The van der Waals surface area contributed by atoms with Crippen LogP contribution in [0, 0.1) is 19.8 Å². The number of hydrogen-bond acceptors (Lipinski definition) is 5. The molecule has 2 aliphatic carbocycles. The second kappa shape index (κ2) is 5.61. The van der Waals surface area contributed by atoms with Crippen LogP contribution in [0.25, 0.3) is 0 Å². The third-order valence-corrected chi connectivity index (χ3v) is 5.63. The van der Waals surface area contributed by atoms with Crippen molar-refractivity contribution >= 4 is 17.2 Å². The van der Waals surface area contributed by atoms with Gasteiger partial charge in [-0.1, -0.05) is 0 Å². The molecule has 4 rings (SSSR count). The molecule has 22 heavy (non-hydrogen) atoms. The lowest BCUT2D eigenvalue weighted by Gasteiger charge is -2.23. The first-order valence-electron chi connectivity index (χ1n) is 8.25. The number of thiazole rings is 1. The van der Waals surface area contributed by atoms with Gasteiger partial charge < -0.3 is 5.32 Å². The van der Waals surface area contributed by atoms with Crippen LogP contribution in [0.4, 0.5) is 5.82 Å². The third kappa shape index (κ3) is 2.74. The molecular formula is C17H22N4S. The van der Waals surface area contributed by atoms with Crippen molar-refractivity contribution in [2.75, 3.05) is 5.32 Å². The van der Waals surface area contributed by atoms with E-state index in [4.69, 9.17) is 9.97 Å². The average Bonchev–Trinajstić information content (AvgIpc) is 3.26. The fourth-order valence-corrected chi connectivity index (χ4v) is 4.25. The molecule has 116 valence electrons. The van der Waals surface area contributed by atoms with Gasteiger partial charge in [-0.05, 0) is 58.3 Å². The largest absolute Gasteiger partial charge is 0.360 e. The molecule has 0 aliphatic heterocycles. The van der Waals surface area contributed by atoms with Gasteiger partial charge in [0, 0.05) is 22.3 Å². The molecule has 1 fully saturated rings. The summed E-state index contributed by atoms with van der Waals surface area (Å²) in [6, 6.07) is 0.319. The monoisotopic (exact) mass is 314 g/mol. The molecule has 1 atom stereocenters. The molecule has 1 N–H and O–H groups in total. The Morgan fingerprint density at radius 2 is 1.95 bits per heavy atom. The van der Waals surface area contributed by atoms with Crippen LogP contribution in [-0.2, 0) is 12.8 Å². The predicted octanol–water partition coefficient (Wildman–Crippen LogP) is 3.99. The van der Waals surface area contributed by atoms with Gasteiger partial charge in [0.05, 0.1) is 6.04 Å². The zero-order valence-electron chi connectivity index (χ0n) is 13.2. The smallest absolute Gasteiger partial charge is 0.133 e. The van der Waals surface area contributed by atoms with E-state index < -0.39 is 0 Å². The van der Waals surface area contributed by atoms with Gasteiger partial charge in [0.25, 0.3) is 0 Å². The molecular weight excluding hydrogens is 292 g/mol. The molecule has 2 aliphatic rings. The van der Waals surface area contributed by atoms with E-state index in [1.54, 1.807) is 11.3 Å². The Hall–Kier alpha value is -1.49. The molecule has 2 aromatic rings. The van der Waals surface area contributed by atoms with Gasteiger partial charge in [0.1, 0.15) is 16.6 Å². The van der Waals surface area contributed by atoms with Crippen LogP contribution >= 0.6 is 11.3 Å². The molecule has 1 unspecified atom stereocenters. The average molecular weight is 314 g/mol. The van der Waals surface area contributed by atoms with Crippen molar-refractivity contribution in [2.24, 2.45) is 5.92 Å². The number of aromatic nitrogens is 3. The Balaban J connectivity index is 1.68. The third-order valence-electron chi connectivity index (χ3n) is 4.58. The van der Waals surface area contributed by atoms with E-state index in [-0.39, 0.29) is 0 Å². The summed E-state index contributed by atoms with van der Waals surface area (Å²) in [5, 5.41) is 7.09. The van der Waals surface area contributed by atoms with Crippen molar-refractivity contribution in [3.63, 3.8) is 0 Å². The fraction of sp³-hybridized carbons (Fsp3) is 0.588. The van der Waals surface area contributed by atoms with Gasteiger partial charge >= 0.3 is 0 Å². The Morgan fingerprint density at radius 1 is 1.14 bits per heavy atom. The Morgan fingerprint density at radius 3 is 2.68 bits per heavy atom. The summed E-state index contributed by atoms with van der Waals surface area (Å²) in [6.45, 7) is 4.07. The van der Waals surface area contributed by atoms with Crippen LogP contribution in [0.1, 0.15) is 59.5 Å². The van der Waals surface area contributed by atoms with Crippen molar-refractivity contribution < 1.29 is 0 Å². The molecule has 0 radical (unpaired) electrons. The lowest BCUT2D eigenvalue weighted by Crippen LogP contribution is -2.18. The molecule has 1 saturated carbocycles. The molecule has 0 aromatic carbocycles. The first-order chi connectivity index (χ1) is 10.7. The predicted molar refractivity (Wildman–Crippen MR) is 89.3 cm³/mol. The van der Waals surface area contributed by atoms with Crippen LogP contribution in [0.3, 0.4) is 0 Å². The number of hydrogen-bond donors (Lipinski definition) is 1. The number of rotatable bonds is 4. The minimum atomic E-state index is 0.319. The zero-order chi connectivity index (χ0) is 15.1. The summed E-state index contributed by atoms with van der Waals surface area (Å²) in [7, 11) is 0. The first kappa shape index (κ1) is 14.1. The van der Waals surface area contributed by atoms with Gasteiger partial charge in [-0.3, -0.25) is 0 Å². The van der Waals surface area contributed by atoms with Crippen molar-refractivity contribution in [3.05, 3.63) is 33.2 Å². The standard InChI is InChI=1S/C17H22N4S/c1-10-9-22-17(18-10)15(12-7-8-12)21-16-13-5-3-4-6-14(13)19-11(2)20-16/h9,12,15H,3-8H2,1-2H3,(H,19,20,21). The van der Waals surface area contributed by atoms with Crippen LogP contribution < -0.4 is 5.32 Å². The summed E-state index contributed by atoms with van der Waals surface area (Å²) in [5.74, 6) is 2.65. The highest BCUT2D eigenvalue weighted by atomic mass is 32.1. The molecule has 0 bridgehead atoms. The van der Waals surface area contributed by atoms with E-state index in [1.165, 1.54) is 41.9 Å². The van der Waals surface area contributed by atoms with E-state index in [1.807, 2.05) is 6.92 Å². The second-order valence-electron chi connectivity index (χ2n) is 6.54. The number of nitrogens with zero attached hydrogens (tertiary/aromatic N) is 3. The maximum Gasteiger partial charge on any atom is 0.133 e. The highest BCUT2D eigenvalue weighted by Gasteiger charge is 2.35. The topological polar surface area (TPSA) is 50.7 Å². The fourth-order valence-electron chi connectivity index (χ4n) is 3.31. The molecule has 0 amide bonds. The van der Waals surface area contributed by atoms with Gasteiger partial charge in [0.15, 0.2) is 0 Å². The number of aryl methyl sites for hydroxylation is 3. The number of nitrogens with one attached hydrogen (secondary N) is 1. The minimum Gasteiger partial charge on any atom is -0.360 e. The van der Waals surface area contributed by atoms with Gasteiger partial charge in [-0.2, -0.15) is 0 Å². The van der Waals surface area contributed by atoms with Crippen LogP contribution in [0.2, 0.25) is 0 Å². The van der Waals surface area contributed by atoms with Gasteiger partial charge in [-0.25, -0.2) is 15.0 Å². The normalized spacial score (nSPS) is 18.8. The highest BCUT2D eigenvalue weighted by molar-refractivity contribution is 7.09. The summed E-state index contributed by atoms with van der Waals surface area (Å²) in [5.41, 5.74) is 3.72. The van der Waals surface area contributed by atoms with Crippen molar-refractivity contribution in [2.45, 2.75) is 58.4 Å². The van der Waals surface area contributed by atoms with Crippen LogP contribution in [0.5, 0.6) is 0 Å². The van der Waals surface area contributed by atoms with E-state index >= 15 is 0 Å². The Bertz CT molecular complexity index is 690. The van der Waals surface area contributed by atoms with E-state index in [2.05, 4.69) is 22.6 Å². The van der Waals surface area contributed by atoms with Crippen molar-refractivity contribution in [3.8, 4) is 0 Å². The van der Waals surface area contributed by atoms with Gasteiger partial charge in [-0.15, -0.1) is 11.3 Å². The van der Waals surface area contributed by atoms with Crippen LogP contribution in [0.15, 0.2) is 5.38 Å². The molecule has 2 aromatic heterocycles. The molecule has 2 heterocycles. The van der Waals surface area contributed by atoms with E-state index in [9.17, 15) is 0 Å². The Kier molecular flexibility index (Phi) is 3.60. The summed E-state index contributed by atoms with van der Waals surface area (Å²) >= 11 is 1.77. The second-order valence-corrected chi connectivity index (χ2v) is 7.43. The maximum absolute atomic E-state index is 4.72. The van der Waals surface area contributed by atoms with Crippen molar-refractivity contribution in [1.82, 2.24) is 15.0 Å². The molecule has 0 saturated heterocycles. The summed E-state index contributed by atoms with van der Waals surface area (Å²) < 4.78 is 0. The SMILES string of the molecule is Cc1csc(C(Nc2nc(C)nc3c2CCCC3)C2CC2)n1. The quantitative estimate of drug-likeness (QED) is 0.927. The van der Waals surface area contributed by atoms with E-state index in [0.717, 1.165) is 30.2 Å². The summed E-state index contributed by atoms with van der Waals surface area (Å²) in [4.78, 5) is 14.1. The Labute approximate surface area is 135 Å². The lowest BCUT2D eigenvalue weighted by molar-refractivity contribution is 0.640. The molecule has 4 nitrogen and oxygen atoms in total. The molecule has 0 spiro atoms. The molecule has 5 heteroatoms. The minimum absolute atomic E-state index is 0.319. The first-order valence-corrected chi connectivity index (χ1v) is 9.13. The van der Waals surface area contributed by atoms with Crippen molar-refractivity contribution in [1.29, 1.82) is 0 Å². The number of fused-ring (bicyclic) bond motifs is 1. The van der Waals surface area contributed by atoms with E-state index in [0.29, 0.717) is 12.0 Å². The number of anilines is 1. The maximum atomic E-state index is 4.72. The lowest BCUT2D eigenvalue weighted by atomic mass is 9.96. The zero-order valence-corrected chi connectivity index (χ0v) is 14.0. The van der Waals surface area contributed by atoms with Gasteiger partial charge in [0.2, 0.25) is 0 Å². The highest BCUT2D eigenvalue weighted by Crippen LogP contribution is 2.44. The van der Waals surface area contributed by atoms with Crippen LogP contribution in [-0.4, -0.2) is 15.0 Å².